The molecule has 1 amide bonds. The Hall–Kier alpha value is -1.98. The first-order chi connectivity index (χ1) is 11.3. The molecule has 2 unspecified atom stereocenters. The lowest BCUT2D eigenvalue weighted by Crippen LogP contribution is -2.77. The van der Waals surface area contributed by atoms with E-state index in [2.05, 4.69) is 0 Å². The summed E-state index contributed by atoms with van der Waals surface area (Å²) in [5, 5.41) is 0. The van der Waals surface area contributed by atoms with Crippen LogP contribution in [0.15, 0.2) is 54.6 Å². The normalized spacial score (nSPS) is 25.2. The summed E-state index contributed by atoms with van der Waals surface area (Å²) in [7, 11) is 0. The molecule has 23 heavy (non-hydrogen) atoms. The fraction of sp³-hybridized carbons (Fsp3) is 0.278. The highest BCUT2D eigenvalue weighted by atomic mass is 32.2. The third kappa shape index (κ3) is 2.15. The van der Waals surface area contributed by atoms with Gasteiger partial charge in [-0.2, -0.15) is 0 Å². The smallest absolute Gasteiger partial charge is 0.261 e. The van der Waals surface area contributed by atoms with Crippen LogP contribution in [0.5, 0.6) is 5.75 Å². The van der Waals surface area contributed by atoms with E-state index in [1.807, 2.05) is 65.8 Å². The molecule has 2 aliphatic heterocycles. The van der Waals surface area contributed by atoms with Gasteiger partial charge in [0.15, 0.2) is 11.0 Å². The fourth-order valence-corrected chi connectivity index (χ4v) is 4.10. The molecule has 1 fully saturated rings. The highest BCUT2D eigenvalue weighted by Gasteiger charge is 2.64. The monoisotopic (exact) mass is 327 g/mol. The molecule has 4 nitrogen and oxygen atoms in total. The predicted octanol–water partition coefficient (Wildman–Crippen LogP) is 3.07. The molecule has 2 aromatic carbocycles. The Balaban J connectivity index is 1.58. The Morgan fingerprint density at radius 1 is 1.22 bits per heavy atom. The van der Waals surface area contributed by atoms with Crippen LogP contribution in [0.1, 0.15) is 5.56 Å². The minimum Gasteiger partial charge on any atom is -0.488 e. The predicted molar refractivity (Wildman–Crippen MR) is 90.7 cm³/mol. The first-order valence-corrected chi connectivity index (χ1v) is 8.75. The van der Waals surface area contributed by atoms with Crippen LogP contribution in [0.2, 0.25) is 0 Å². The van der Waals surface area contributed by atoms with E-state index in [0.717, 1.165) is 17.0 Å². The van der Waals surface area contributed by atoms with Gasteiger partial charge in [-0.15, -0.1) is 11.8 Å². The van der Waals surface area contributed by atoms with Crippen LogP contribution in [0.4, 0.5) is 5.69 Å². The number of benzene rings is 2. The fourth-order valence-electron chi connectivity index (χ4n) is 3.17. The van der Waals surface area contributed by atoms with Crippen LogP contribution in [-0.4, -0.2) is 29.7 Å². The second-order valence-electron chi connectivity index (χ2n) is 5.66. The number of ether oxygens (including phenoxy) is 2. The average molecular weight is 327 g/mol. The molecule has 0 N–H and O–H groups in total. The van der Waals surface area contributed by atoms with Crippen molar-refractivity contribution in [2.45, 2.75) is 17.6 Å². The zero-order chi connectivity index (χ0) is 15.9. The van der Waals surface area contributed by atoms with Crippen LogP contribution in [-0.2, 0) is 16.1 Å². The van der Waals surface area contributed by atoms with Gasteiger partial charge in [0.05, 0.1) is 12.3 Å². The molecule has 2 aromatic rings. The Kier molecular flexibility index (Phi) is 3.54. The van der Waals surface area contributed by atoms with E-state index in [9.17, 15) is 4.79 Å². The number of carbonyl (C=O) groups is 1. The summed E-state index contributed by atoms with van der Waals surface area (Å²) < 4.78 is 11.9. The van der Waals surface area contributed by atoms with Gasteiger partial charge in [0.1, 0.15) is 12.4 Å². The van der Waals surface area contributed by atoms with E-state index in [1.54, 1.807) is 11.8 Å². The standard InChI is InChI=1S/C18H17NO3S/c1-23-18-12-22-15-10-6-5-9-14(15)19(18)17(20)16(18)21-11-13-7-3-2-4-8-13/h2-10,16H,11-12H2,1H3. The van der Waals surface area contributed by atoms with Crippen LogP contribution in [0, 0.1) is 0 Å². The lowest BCUT2D eigenvalue weighted by molar-refractivity contribution is -0.148. The first-order valence-electron chi connectivity index (χ1n) is 7.53. The minimum atomic E-state index is -0.480. The van der Waals surface area contributed by atoms with Crippen LogP contribution >= 0.6 is 11.8 Å². The van der Waals surface area contributed by atoms with Gasteiger partial charge in [0.25, 0.3) is 5.91 Å². The van der Waals surface area contributed by atoms with Gasteiger partial charge >= 0.3 is 0 Å². The van der Waals surface area contributed by atoms with Gasteiger partial charge in [0, 0.05) is 0 Å². The number of hydrogen-bond acceptors (Lipinski definition) is 4. The zero-order valence-corrected chi connectivity index (χ0v) is 13.6. The lowest BCUT2D eigenvalue weighted by Gasteiger charge is -2.57. The molecule has 2 aliphatic rings. The summed E-state index contributed by atoms with van der Waals surface area (Å²) in [5.74, 6) is 0.762. The highest BCUT2D eigenvalue weighted by Crippen LogP contribution is 2.51. The highest BCUT2D eigenvalue weighted by molar-refractivity contribution is 8.00. The Bertz CT molecular complexity index is 736. The van der Waals surface area contributed by atoms with Crippen LogP contribution in [0.3, 0.4) is 0 Å². The van der Waals surface area contributed by atoms with E-state index in [1.165, 1.54) is 0 Å². The molecule has 0 spiro atoms. The summed E-state index contributed by atoms with van der Waals surface area (Å²) in [5.41, 5.74) is 1.89. The Morgan fingerprint density at radius 2 is 1.96 bits per heavy atom. The van der Waals surface area contributed by atoms with Gasteiger partial charge in [-0.25, -0.2) is 0 Å². The van der Waals surface area contributed by atoms with Gasteiger partial charge in [-0.3, -0.25) is 9.69 Å². The number of β-lactam (4-membered cyclic amide) rings is 1. The maximum atomic E-state index is 12.7. The number of anilines is 1. The number of thioether (sulfide) groups is 1. The third-order valence-electron chi connectivity index (χ3n) is 4.39. The number of hydrogen-bond donors (Lipinski definition) is 0. The molecule has 2 heterocycles. The molecule has 1 saturated heterocycles. The maximum Gasteiger partial charge on any atom is 0.261 e. The van der Waals surface area contributed by atoms with E-state index in [4.69, 9.17) is 9.47 Å². The average Bonchev–Trinajstić information content (AvgIpc) is 2.61. The maximum absolute atomic E-state index is 12.7. The molecule has 4 rings (SSSR count). The van der Waals surface area contributed by atoms with Crippen molar-refractivity contribution in [2.24, 2.45) is 0 Å². The van der Waals surface area contributed by atoms with Crippen molar-refractivity contribution in [1.29, 1.82) is 0 Å². The molecule has 5 heteroatoms. The lowest BCUT2D eigenvalue weighted by atomic mass is 9.94. The molecular weight excluding hydrogens is 310 g/mol. The molecular formula is C18H17NO3S. The number of fused-ring (bicyclic) bond motifs is 3. The number of carbonyl (C=O) groups excluding carboxylic acids is 1. The molecule has 0 aliphatic carbocycles. The van der Waals surface area contributed by atoms with Gasteiger partial charge in [0.2, 0.25) is 0 Å². The number of amides is 1. The van der Waals surface area contributed by atoms with Gasteiger partial charge < -0.3 is 9.47 Å². The van der Waals surface area contributed by atoms with Crippen LogP contribution < -0.4 is 9.64 Å². The van der Waals surface area contributed by atoms with Gasteiger partial charge in [-0.05, 0) is 24.0 Å². The van der Waals surface area contributed by atoms with Crippen molar-refractivity contribution in [3.63, 3.8) is 0 Å². The topological polar surface area (TPSA) is 38.8 Å². The first kappa shape index (κ1) is 14.6. The molecule has 0 saturated carbocycles. The van der Waals surface area contributed by atoms with E-state index in [-0.39, 0.29) is 5.91 Å². The second kappa shape index (κ2) is 5.58. The molecule has 0 bridgehead atoms. The summed E-state index contributed by atoms with van der Waals surface area (Å²) in [6.07, 6.45) is 1.52. The quantitative estimate of drug-likeness (QED) is 0.809. The summed E-state index contributed by atoms with van der Waals surface area (Å²) in [4.78, 5) is 14.0. The summed E-state index contributed by atoms with van der Waals surface area (Å²) >= 11 is 1.61. The Morgan fingerprint density at radius 3 is 2.74 bits per heavy atom. The van der Waals surface area contributed by atoms with Crippen LogP contribution in [0.25, 0.3) is 0 Å². The number of rotatable bonds is 4. The van der Waals surface area contributed by atoms with Crippen molar-refractivity contribution >= 4 is 23.4 Å². The van der Waals surface area contributed by atoms with E-state index < -0.39 is 11.0 Å². The SMILES string of the molecule is CSC12COc3ccccc3N1C(=O)C2OCc1ccccc1. The number of nitrogens with zero attached hydrogens (tertiary/aromatic N) is 1. The summed E-state index contributed by atoms with van der Waals surface area (Å²) in [6.45, 7) is 0.866. The largest absolute Gasteiger partial charge is 0.488 e. The van der Waals surface area contributed by atoms with E-state index in [0.29, 0.717) is 13.2 Å². The minimum absolute atomic E-state index is 0.00558. The number of para-hydroxylation sites is 2. The van der Waals surface area contributed by atoms with Crippen molar-refractivity contribution in [1.82, 2.24) is 0 Å². The van der Waals surface area contributed by atoms with Crippen molar-refractivity contribution < 1.29 is 14.3 Å². The summed E-state index contributed by atoms with van der Waals surface area (Å²) in [6, 6.07) is 17.6. The molecule has 0 aromatic heterocycles. The molecule has 118 valence electrons. The zero-order valence-electron chi connectivity index (χ0n) is 12.8. The Labute approximate surface area is 139 Å². The third-order valence-corrected chi connectivity index (χ3v) is 5.61. The molecule has 0 radical (unpaired) electrons. The second-order valence-corrected chi connectivity index (χ2v) is 6.77. The van der Waals surface area contributed by atoms with E-state index >= 15 is 0 Å². The van der Waals surface area contributed by atoms with Crippen molar-refractivity contribution in [2.75, 3.05) is 17.8 Å². The molecule has 2 atom stereocenters. The van der Waals surface area contributed by atoms with Crippen molar-refractivity contribution in [3.05, 3.63) is 60.2 Å². The van der Waals surface area contributed by atoms with Gasteiger partial charge in [-0.1, -0.05) is 42.5 Å². The van der Waals surface area contributed by atoms with Crippen molar-refractivity contribution in [3.8, 4) is 5.75 Å².